The first-order chi connectivity index (χ1) is 9.15. The highest BCUT2D eigenvalue weighted by Crippen LogP contribution is 2.45. The number of carbonyl (C=O) groups is 2. The molecule has 1 fully saturated rings. The number of likely N-dealkylation sites (tertiary alicyclic amines) is 1. The van der Waals surface area contributed by atoms with Gasteiger partial charge in [0.15, 0.2) is 5.41 Å². The van der Waals surface area contributed by atoms with E-state index in [2.05, 4.69) is 0 Å². The minimum Gasteiger partial charge on any atom is -0.481 e. The summed E-state index contributed by atoms with van der Waals surface area (Å²) in [6.07, 6.45) is -3.61. The number of rotatable bonds is 5. The predicted molar refractivity (Wildman–Crippen MR) is 64.8 cm³/mol. The second-order valence-electron chi connectivity index (χ2n) is 5.14. The molecule has 0 spiro atoms. The number of carboxylic acid groups (broad SMARTS) is 1. The molecule has 116 valence electrons. The maximum atomic E-state index is 13.0. The zero-order valence-electron chi connectivity index (χ0n) is 11.2. The molecule has 1 saturated heterocycles. The molecule has 20 heavy (non-hydrogen) atoms. The lowest BCUT2D eigenvalue weighted by Gasteiger charge is -2.28. The molecule has 0 saturated carbocycles. The number of unbranched alkanes of at least 4 members (excludes halogenated alkanes) is 1. The Balaban J connectivity index is 2.79. The summed E-state index contributed by atoms with van der Waals surface area (Å²) in [5.74, 6) is -2.55. The fourth-order valence-electron chi connectivity index (χ4n) is 2.31. The number of hydrogen-bond acceptors (Lipinski definition) is 3. The van der Waals surface area contributed by atoms with Gasteiger partial charge in [0, 0.05) is 13.1 Å². The molecule has 0 aliphatic carbocycles. The molecular weight excluding hydrogens is 277 g/mol. The van der Waals surface area contributed by atoms with Crippen LogP contribution in [0.2, 0.25) is 0 Å². The van der Waals surface area contributed by atoms with Gasteiger partial charge in [-0.15, -0.1) is 0 Å². The quantitative estimate of drug-likeness (QED) is 0.802. The number of nitrogens with two attached hydrogens (primary N) is 1. The largest absolute Gasteiger partial charge is 0.481 e. The van der Waals surface area contributed by atoms with Crippen molar-refractivity contribution in [3.05, 3.63) is 0 Å². The number of nitrogens with zero attached hydrogens (tertiary/aromatic N) is 1. The van der Waals surface area contributed by atoms with E-state index in [0.717, 1.165) is 11.3 Å². The van der Waals surface area contributed by atoms with E-state index in [1.807, 2.05) is 6.92 Å². The van der Waals surface area contributed by atoms with Gasteiger partial charge in [-0.25, -0.2) is 0 Å². The Hall–Kier alpha value is -1.31. The van der Waals surface area contributed by atoms with Crippen LogP contribution in [-0.2, 0) is 9.59 Å². The molecule has 8 heteroatoms. The number of alkyl halides is 3. The Morgan fingerprint density at radius 1 is 1.45 bits per heavy atom. The second-order valence-corrected chi connectivity index (χ2v) is 5.14. The number of carbonyl (C=O) groups excluding carboxylic acids is 1. The van der Waals surface area contributed by atoms with Crippen molar-refractivity contribution in [2.24, 2.45) is 11.1 Å². The van der Waals surface area contributed by atoms with Crippen molar-refractivity contribution >= 4 is 11.9 Å². The van der Waals surface area contributed by atoms with Gasteiger partial charge < -0.3 is 15.7 Å². The number of aliphatic carboxylic acids is 1. The molecule has 2 atom stereocenters. The molecule has 1 heterocycles. The summed E-state index contributed by atoms with van der Waals surface area (Å²) in [5.41, 5.74) is 2.77. The summed E-state index contributed by atoms with van der Waals surface area (Å²) in [5, 5.41) is 8.89. The fourth-order valence-corrected chi connectivity index (χ4v) is 2.31. The van der Waals surface area contributed by atoms with E-state index in [1.54, 1.807) is 0 Å². The van der Waals surface area contributed by atoms with Crippen LogP contribution >= 0.6 is 0 Å². The van der Waals surface area contributed by atoms with E-state index >= 15 is 0 Å². The Morgan fingerprint density at radius 2 is 2.05 bits per heavy atom. The molecule has 0 radical (unpaired) electrons. The molecule has 0 aromatic carbocycles. The van der Waals surface area contributed by atoms with Crippen LogP contribution in [0.4, 0.5) is 13.2 Å². The molecule has 1 amide bonds. The summed E-state index contributed by atoms with van der Waals surface area (Å²) in [4.78, 5) is 23.8. The van der Waals surface area contributed by atoms with Crippen LogP contribution in [0.25, 0.3) is 0 Å². The van der Waals surface area contributed by atoms with Crippen molar-refractivity contribution in [1.29, 1.82) is 0 Å². The van der Waals surface area contributed by atoms with Crippen LogP contribution in [0.5, 0.6) is 0 Å². The van der Waals surface area contributed by atoms with Gasteiger partial charge in [0.2, 0.25) is 5.91 Å². The third kappa shape index (κ3) is 3.05. The average Bonchev–Trinajstić information content (AvgIpc) is 2.80. The Morgan fingerprint density at radius 3 is 2.45 bits per heavy atom. The van der Waals surface area contributed by atoms with Crippen molar-refractivity contribution in [1.82, 2.24) is 4.90 Å². The molecule has 0 aromatic rings. The topological polar surface area (TPSA) is 83.6 Å². The number of carboxylic acids is 1. The smallest absolute Gasteiger partial charge is 0.406 e. The van der Waals surface area contributed by atoms with Crippen LogP contribution in [0.15, 0.2) is 0 Å². The molecule has 1 aliphatic rings. The normalized spacial score (nSPS) is 24.8. The fraction of sp³-hybridized carbons (Fsp3) is 0.833. The van der Waals surface area contributed by atoms with Gasteiger partial charge in [-0.05, 0) is 12.8 Å². The summed E-state index contributed by atoms with van der Waals surface area (Å²) in [7, 11) is 0. The Bertz CT molecular complexity index is 387. The maximum Gasteiger partial charge on any atom is 0.406 e. The van der Waals surface area contributed by atoms with Crippen LogP contribution < -0.4 is 5.73 Å². The highest BCUT2D eigenvalue weighted by atomic mass is 19.4. The van der Waals surface area contributed by atoms with Crippen molar-refractivity contribution in [2.75, 3.05) is 13.1 Å². The molecule has 0 bridgehead atoms. The van der Waals surface area contributed by atoms with Gasteiger partial charge in [-0.1, -0.05) is 19.8 Å². The summed E-state index contributed by atoms with van der Waals surface area (Å²) >= 11 is 0. The third-order valence-corrected chi connectivity index (χ3v) is 3.72. The molecule has 5 nitrogen and oxygen atoms in total. The van der Waals surface area contributed by atoms with E-state index in [4.69, 9.17) is 10.8 Å². The Labute approximate surface area is 114 Å². The van der Waals surface area contributed by atoms with Crippen LogP contribution in [-0.4, -0.2) is 47.2 Å². The minimum absolute atomic E-state index is 0.232. The summed E-state index contributed by atoms with van der Waals surface area (Å²) < 4.78 is 38.9. The van der Waals surface area contributed by atoms with E-state index in [-0.39, 0.29) is 6.54 Å². The molecule has 0 aromatic heterocycles. The summed E-state index contributed by atoms with van der Waals surface area (Å²) in [6.45, 7) is 0.821. The van der Waals surface area contributed by atoms with Crippen molar-refractivity contribution in [3.63, 3.8) is 0 Å². The third-order valence-electron chi connectivity index (χ3n) is 3.72. The van der Waals surface area contributed by atoms with Crippen LogP contribution in [0.3, 0.4) is 0 Å². The first-order valence-electron chi connectivity index (χ1n) is 6.50. The lowest BCUT2D eigenvalue weighted by Crippen LogP contribution is -2.49. The highest BCUT2D eigenvalue weighted by Gasteiger charge is 2.64. The highest BCUT2D eigenvalue weighted by molar-refractivity contribution is 5.84. The van der Waals surface area contributed by atoms with Crippen LogP contribution in [0.1, 0.15) is 32.6 Å². The first kappa shape index (κ1) is 16.7. The van der Waals surface area contributed by atoms with Crippen molar-refractivity contribution in [3.8, 4) is 0 Å². The predicted octanol–water partition coefficient (Wildman–Crippen LogP) is 1.37. The number of hydrogen-bond donors (Lipinski definition) is 2. The van der Waals surface area contributed by atoms with Gasteiger partial charge in [0.25, 0.3) is 0 Å². The van der Waals surface area contributed by atoms with E-state index in [9.17, 15) is 22.8 Å². The zero-order chi connectivity index (χ0) is 15.6. The van der Waals surface area contributed by atoms with E-state index in [1.165, 1.54) is 0 Å². The summed E-state index contributed by atoms with van der Waals surface area (Å²) in [6, 6.07) is -0.868. The lowest BCUT2D eigenvalue weighted by atomic mass is 9.86. The SMILES string of the molecule is CCCCC(N)C(=O)N1CCC(C(=O)O)(C(F)(F)F)C1. The average molecular weight is 296 g/mol. The molecule has 1 aliphatic heterocycles. The molecule has 1 rings (SSSR count). The lowest BCUT2D eigenvalue weighted by molar-refractivity contribution is -0.227. The second kappa shape index (κ2) is 5.99. The standard InChI is InChI=1S/C12H19F3N2O3/c1-2-3-4-8(16)9(18)17-6-5-11(7-17,10(19)20)12(13,14)15/h8H,2-7,16H2,1H3,(H,19,20). The van der Waals surface area contributed by atoms with Crippen molar-refractivity contribution in [2.45, 2.75) is 44.8 Å². The van der Waals surface area contributed by atoms with Crippen LogP contribution in [0, 0.1) is 5.41 Å². The molecule has 2 unspecified atom stereocenters. The first-order valence-corrected chi connectivity index (χ1v) is 6.50. The number of amides is 1. The minimum atomic E-state index is -4.89. The Kier molecular flexibility index (Phi) is 5.01. The van der Waals surface area contributed by atoms with Gasteiger partial charge in [-0.3, -0.25) is 9.59 Å². The van der Waals surface area contributed by atoms with Gasteiger partial charge >= 0.3 is 12.1 Å². The zero-order valence-corrected chi connectivity index (χ0v) is 11.2. The maximum absolute atomic E-state index is 13.0. The van der Waals surface area contributed by atoms with Gasteiger partial charge in [0.05, 0.1) is 6.04 Å². The van der Waals surface area contributed by atoms with Gasteiger partial charge in [-0.2, -0.15) is 13.2 Å². The molecule has 3 N–H and O–H groups in total. The molecular formula is C12H19F3N2O3. The van der Waals surface area contributed by atoms with E-state index in [0.29, 0.717) is 12.8 Å². The van der Waals surface area contributed by atoms with Crippen molar-refractivity contribution < 1.29 is 27.9 Å². The monoisotopic (exact) mass is 296 g/mol. The van der Waals surface area contributed by atoms with E-state index < -0.39 is 42.5 Å². The van der Waals surface area contributed by atoms with Gasteiger partial charge in [0.1, 0.15) is 0 Å². The number of halogens is 3.